The van der Waals surface area contributed by atoms with E-state index < -0.39 is 0 Å². The highest BCUT2D eigenvalue weighted by Crippen LogP contribution is 2.40. The molecule has 0 atom stereocenters. The van der Waals surface area contributed by atoms with E-state index in [4.69, 9.17) is 0 Å². The van der Waals surface area contributed by atoms with Gasteiger partial charge in [0.2, 0.25) is 5.13 Å². The van der Waals surface area contributed by atoms with Crippen LogP contribution in [0.3, 0.4) is 0 Å². The van der Waals surface area contributed by atoms with Crippen molar-refractivity contribution in [1.29, 1.82) is 0 Å². The molecule has 106 valence electrons. The first kappa shape index (κ1) is 14.5. The lowest BCUT2D eigenvalue weighted by atomic mass is 10.3. The van der Waals surface area contributed by atoms with Crippen molar-refractivity contribution in [3.05, 3.63) is 28.3 Å². The van der Waals surface area contributed by atoms with Crippen LogP contribution in [0.15, 0.2) is 27.4 Å². The van der Waals surface area contributed by atoms with E-state index in [-0.39, 0.29) is 10.6 Å². The van der Waals surface area contributed by atoms with Crippen LogP contribution in [0.25, 0.3) is 0 Å². The van der Waals surface area contributed by atoms with Crippen LogP contribution in [0.1, 0.15) is 0 Å². The van der Waals surface area contributed by atoms with Crippen LogP contribution in [0, 0.1) is 10.1 Å². The van der Waals surface area contributed by atoms with Crippen molar-refractivity contribution < 1.29 is 4.92 Å². The second-order valence-electron chi connectivity index (χ2n) is 4.01. The molecule has 20 heavy (non-hydrogen) atoms. The molecule has 0 unspecified atom stereocenters. The number of nitrogens with one attached hydrogen (secondary N) is 1. The third kappa shape index (κ3) is 2.99. The first-order valence-corrected chi connectivity index (χ1v) is 7.30. The largest absolute Gasteiger partial charge is 0.383 e. The number of hydrogen-bond donors (Lipinski definition) is 1. The van der Waals surface area contributed by atoms with Crippen molar-refractivity contribution in [3.8, 4) is 0 Å². The zero-order chi connectivity index (χ0) is 14.7. The Morgan fingerprint density at radius 1 is 1.40 bits per heavy atom. The summed E-state index contributed by atoms with van der Waals surface area (Å²) in [5.74, 6) is 0. The van der Waals surface area contributed by atoms with E-state index in [0.29, 0.717) is 14.9 Å². The molecular weight excluding hydrogens is 298 g/mol. The Bertz CT molecular complexity index is 629. The minimum atomic E-state index is -0.387. The smallest absolute Gasteiger partial charge is 0.306 e. The molecule has 1 heterocycles. The molecule has 9 heteroatoms. The summed E-state index contributed by atoms with van der Waals surface area (Å²) in [7, 11) is 5.41. The van der Waals surface area contributed by atoms with Gasteiger partial charge in [0.25, 0.3) is 0 Å². The van der Waals surface area contributed by atoms with Crippen LogP contribution in [0.4, 0.5) is 16.5 Å². The number of aromatic nitrogens is 2. The predicted octanol–water partition coefficient (Wildman–Crippen LogP) is 2.71. The fourth-order valence-corrected chi connectivity index (χ4v) is 3.37. The maximum Gasteiger partial charge on any atom is 0.306 e. The van der Waals surface area contributed by atoms with Gasteiger partial charge in [-0.2, -0.15) is 0 Å². The number of nitro benzene ring substituents is 1. The van der Waals surface area contributed by atoms with Crippen molar-refractivity contribution >= 4 is 39.6 Å². The van der Waals surface area contributed by atoms with E-state index in [0.717, 1.165) is 5.13 Å². The normalized spacial score (nSPS) is 10.3. The number of para-hydroxylation sites is 1. The monoisotopic (exact) mass is 311 g/mol. The fraction of sp³-hybridized carbons (Fsp3) is 0.273. The molecule has 0 saturated heterocycles. The van der Waals surface area contributed by atoms with Gasteiger partial charge in [0.15, 0.2) is 4.34 Å². The summed E-state index contributed by atoms with van der Waals surface area (Å²) in [6.07, 6.45) is 0. The van der Waals surface area contributed by atoms with Crippen molar-refractivity contribution in [2.75, 3.05) is 31.4 Å². The van der Waals surface area contributed by atoms with Gasteiger partial charge in [-0.25, -0.2) is 0 Å². The van der Waals surface area contributed by atoms with E-state index in [2.05, 4.69) is 15.5 Å². The average Bonchev–Trinajstić information content (AvgIpc) is 2.86. The lowest BCUT2D eigenvalue weighted by Gasteiger charge is -2.05. The van der Waals surface area contributed by atoms with Crippen molar-refractivity contribution in [1.82, 2.24) is 10.2 Å². The zero-order valence-corrected chi connectivity index (χ0v) is 12.8. The summed E-state index contributed by atoms with van der Waals surface area (Å²) in [6, 6.07) is 5.16. The summed E-state index contributed by atoms with van der Waals surface area (Å²) in [5, 5.41) is 22.9. The van der Waals surface area contributed by atoms with Crippen molar-refractivity contribution in [2.45, 2.75) is 9.24 Å². The van der Waals surface area contributed by atoms with Crippen LogP contribution in [-0.4, -0.2) is 36.3 Å². The van der Waals surface area contributed by atoms with Crippen molar-refractivity contribution in [2.24, 2.45) is 0 Å². The molecule has 0 spiro atoms. The summed E-state index contributed by atoms with van der Waals surface area (Å²) in [6.45, 7) is 0. The van der Waals surface area contributed by atoms with Crippen LogP contribution in [0.2, 0.25) is 0 Å². The molecule has 1 aromatic heterocycles. The average molecular weight is 311 g/mol. The summed E-state index contributed by atoms with van der Waals surface area (Å²) >= 11 is 2.64. The Labute approximate surface area is 124 Å². The highest BCUT2D eigenvalue weighted by atomic mass is 32.2. The molecule has 0 aliphatic heterocycles. The van der Waals surface area contributed by atoms with E-state index in [1.807, 2.05) is 19.0 Å². The molecule has 0 bridgehead atoms. The van der Waals surface area contributed by atoms with E-state index in [9.17, 15) is 10.1 Å². The number of nitro groups is 1. The summed E-state index contributed by atoms with van der Waals surface area (Å²) < 4.78 is 0.671. The maximum atomic E-state index is 11.2. The van der Waals surface area contributed by atoms with Gasteiger partial charge >= 0.3 is 5.69 Å². The number of anilines is 2. The zero-order valence-electron chi connectivity index (χ0n) is 11.2. The number of hydrogen-bond acceptors (Lipinski definition) is 8. The standard InChI is InChI=1S/C11H13N5O2S2/c1-12-7-5-4-6-8(9(7)16(17)18)19-11-14-13-10(20-11)15(2)3/h4-6,12H,1-3H3. The quantitative estimate of drug-likeness (QED) is 0.671. The van der Waals surface area contributed by atoms with Gasteiger partial charge in [-0.1, -0.05) is 17.4 Å². The Morgan fingerprint density at radius 2 is 2.15 bits per heavy atom. The molecular formula is C11H13N5O2S2. The van der Waals surface area contributed by atoms with Crippen molar-refractivity contribution in [3.63, 3.8) is 0 Å². The second-order valence-corrected chi connectivity index (χ2v) is 6.25. The topological polar surface area (TPSA) is 84.2 Å². The Balaban J connectivity index is 2.35. The third-order valence-corrected chi connectivity index (χ3v) is 4.62. The Kier molecular flexibility index (Phi) is 4.40. The molecule has 0 aliphatic rings. The molecule has 0 aliphatic carbocycles. The van der Waals surface area contributed by atoms with Gasteiger partial charge in [-0.05, 0) is 23.9 Å². The SMILES string of the molecule is CNc1cccc(Sc2nnc(N(C)C)s2)c1[N+](=O)[O-]. The number of benzene rings is 1. The second kappa shape index (κ2) is 6.06. The first-order chi connectivity index (χ1) is 9.52. The molecule has 0 radical (unpaired) electrons. The first-order valence-electron chi connectivity index (χ1n) is 5.66. The molecule has 0 fully saturated rings. The summed E-state index contributed by atoms with van der Waals surface area (Å²) in [5.41, 5.74) is 0.541. The van der Waals surface area contributed by atoms with Crippen LogP contribution >= 0.6 is 23.1 Å². The molecule has 2 rings (SSSR count). The molecule has 1 N–H and O–H groups in total. The van der Waals surface area contributed by atoms with Gasteiger partial charge in [0.05, 0.1) is 9.82 Å². The van der Waals surface area contributed by atoms with Gasteiger partial charge in [0.1, 0.15) is 5.69 Å². The fourth-order valence-electron chi connectivity index (χ4n) is 1.51. The Morgan fingerprint density at radius 3 is 2.70 bits per heavy atom. The third-order valence-electron chi connectivity index (χ3n) is 2.43. The van der Waals surface area contributed by atoms with Crippen LogP contribution in [0.5, 0.6) is 0 Å². The molecule has 0 amide bonds. The number of nitrogens with zero attached hydrogens (tertiary/aromatic N) is 4. The van der Waals surface area contributed by atoms with E-state index in [1.165, 1.54) is 23.1 Å². The minimum absolute atomic E-state index is 0.0570. The van der Waals surface area contributed by atoms with Gasteiger partial charge in [0, 0.05) is 21.1 Å². The maximum absolute atomic E-state index is 11.2. The van der Waals surface area contributed by atoms with E-state index >= 15 is 0 Å². The molecule has 2 aromatic rings. The minimum Gasteiger partial charge on any atom is -0.383 e. The lowest BCUT2D eigenvalue weighted by molar-refractivity contribution is -0.386. The van der Waals surface area contributed by atoms with Crippen LogP contribution in [-0.2, 0) is 0 Å². The molecule has 0 saturated carbocycles. The predicted molar refractivity (Wildman–Crippen MR) is 81.0 cm³/mol. The molecule has 7 nitrogen and oxygen atoms in total. The highest BCUT2D eigenvalue weighted by molar-refractivity contribution is 8.01. The molecule has 1 aromatic carbocycles. The van der Waals surface area contributed by atoms with Gasteiger partial charge in [-0.15, -0.1) is 10.2 Å². The highest BCUT2D eigenvalue weighted by Gasteiger charge is 2.21. The summed E-state index contributed by atoms with van der Waals surface area (Å²) in [4.78, 5) is 13.2. The van der Waals surface area contributed by atoms with Crippen LogP contribution < -0.4 is 10.2 Å². The lowest BCUT2D eigenvalue weighted by Crippen LogP contribution is -2.07. The number of rotatable bonds is 5. The Hall–Kier alpha value is -1.87. The van der Waals surface area contributed by atoms with Gasteiger partial charge in [-0.3, -0.25) is 10.1 Å². The van der Waals surface area contributed by atoms with E-state index in [1.54, 1.807) is 25.2 Å². The van der Waals surface area contributed by atoms with Gasteiger partial charge < -0.3 is 10.2 Å².